The lowest BCUT2D eigenvalue weighted by Crippen LogP contribution is -2.54. The maximum absolute atomic E-state index is 14.7. The molecular formula is C37H26ClN3O3. The molecule has 0 saturated carbocycles. The highest BCUT2D eigenvalue weighted by atomic mass is 35.5. The Kier molecular flexibility index (Phi) is 6.03. The lowest BCUT2D eigenvalue weighted by molar-refractivity contribution is -0.123. The Morgan fingerprint density at radius 2 is 1.43 bits per heavy atom. The summed E-state index contributed by atoms with van der Waals surface area (Å²) in [6.07, 6.45) is 1.81. The van der Waals surface area contributed by atoms with Crippen LogP contribution in [0.15, 0.2) is 120 Å². The summed E-state index contributed by atoms with van der Waals surface area (Å²) in [5.41, 5.74) is 6.89. The summed E-state index contributed by atoms with van der Waals surface area (Å²) in [5, 5.41) is 6.90. The zero-order valence-corrected chi connectivity index (χ0v) is 24.2. The number of benzene rings is 5. The Labute approximate surface area is 259 Å². The van der Waals surface area contributed by atoms with E-state index < -0.39 is 17.3 Å². The van der Waals surface area contributed by atoms with Gasteiger partial charge in [-0.3, -0.25) is 14.4 Å². The van der Waals surface area contributed by atoms with Gasteiger partial charge in [-0.2, -0.15) is 5.10 Å². The fourth-order valence-electron chi connectivity index (χ4n) is 7.72. The molecule has 3 aliphatic carbocycles. The standard InChI is InChI=1S/C37H26ClN3O3/c38-24-18-16-22(17-19-24)20-31(42)40-39-21-37-28-13-5-3-11-26(28)32(27-12-4-6-14-29(27)37)33-34(37)36(44)41(35(33)43)30-15-7-9-23-8-1-2-10-25(23)30/h1-19,21,32-34H,20H2,(H,40,42)/b39-21-/t32?,33-,34-,37?/m0/s1. The molecule has 2 bridgehead atoms. The summed E-state index contributed by atoms with van der Waals surface area (Å²) < 4.78 is 0. The minimum atomic E-state index is -1.06. The first kappa shape index (κ1) is 26.5. The van der Waals surface area contributed by atoms with E-state index in [9.17, 15) is 14.4 Å². The van der Waals surface area contributed by atoms with Crippen LogP contribution >= 0.6 is 11.6 Å². The number of halogens is 1. The van der Waals surface area contributed by atoms with Gasteiger partial charge in [0.1, 0.15) is 0 Å². The first-order chi connectivity index (χ1) is 21.5. The molecule has 9 rings (SSSR count). The molecule has 2 atom stereocenters. The van der Waals surface area contributed by atoms with Gasteiger partial charge in [-0.15, -0.1) is 0 Å². The van der Waals surface area contributed by atoms with Crippen LogP contribution in [0, 0.1) is 11.8 Å². The Morgan fingerprint density at radius 3 is 2.16 bits per heavy atom. The van der Waals surface area contributed by atoms with Crippen molar-refractivity contribution >= 4 is 52.0 Å². The Morgan fingerprint density at radius 1 is 0.795 bits per heavy atom. The van der Waals surface area contributed by atoms with E-state index in [1.165, 1.54) is 4.90 Å². The van der Waals surface area contributed by atoms with Crippen molar-refractivity contribution in [3.63, 3.8) is 0 Å². The molecule has 1 aliphatic heterocycles. The van der Waals surface area contributed by atoms with Crippen molar-refractivity contribution in [1.82, 2.24) is 5.43 Å². The van der Waals surface area contributed by atoms with Crippen molar-refractivity contribution in [3.05, 3.63) is 148 Å². The molecular weight excluding hydrogens is 570 g/mol. The van der Waals surface area contributed by atoms with Crippen LogP contribution in [-0.4, -0.2) is 23.9 Å². The minimum Gasteiger partial charge on any atom is -0.274 e. The first-order valence-electron chi connectivity index (χ1n) is 14.6. The quantitative estimate of drug-likeness (QED) is 0.145. The summed E-state index contributed by atoms with van der Waals surface area (Å²) in [6, 6.07) is 36.6. The van der Waals surface area contributed by atoms with Crippen molar-refractivity contribution in [1.29, 1.82) is 0 Å². The molecule has 4 aliphatic rings. The molecule has 6 nitrogen and oxygen atoms in total. The summed E-state index contributed by atoms with van der Waals surface area (Å²) in [7, 11) is 0. The number of hydrogen-bond donors (Lipinski definition) is 1. The van der Waals surface area contributed by atoms with Gasteiger partial charge in [0.05, 0.1) is 29.4 Å². The van der Waals surface area contributed by atoms with Gasteiger partial charge in [0.25, 0.3) is 0 Å². The number of rotatable bonds is 5. The lowest BCUT2D eigenvalue weighted by atomic mass is 9.47. The van der Waals surface area contributed by atoms with Gasteiger partial charge < -0.3 is 0 Å². The van der Waals surface area contributed by atoms with Gasteiger partial charge in [-0.1, -0.05) is 109 Å². The van der Waals surface area contributed by atoms with Gasteiger partial charge in [-0.25, -0.2) is 10.3 Å². The van der Waals surface area contributed by atoms with E-state index in [1.54, 1.807) is 30.5 Å². The third-order valence-corrected chi connectivity index (χ3v) is 9.68. The molecule has 5 aromatic rings. The molecule has 0 radical (unpaired) electrons. The minimum absolute atomic E-state index is 0.120. The van der Waals surface area contributed by atoms with E-state index in [4.69, 9.17) is 11.6 Å². The van der Waals surface area contributed by atoms with Crippen molar-refractivity contribution in [2.45, 2.75) is 17.8 Å². The highest BCUT2D eigenvalue weighted by Gasteiger charge is 2.68. The molecule has 0 spiro atoms. The highest BCUT2D eigenvalue weighted by Crippen LogP contribution is 2.63. The van der Waals surface area contributed by atoms with Crippen LogP contribution < -0.4 is 10.3 Å². The van der Waals surface area contributed by atoms with Gasteiger partial charge in [0.2, 0.25) is 17.7 Å². The van der Waals surface area contributed by atoms with Gasteiger partial charge >= 0.3 is 0 Å². The van der Waals surface area contributed by atoms with Crippen LogP contribution in [0.1, 0.15) is 33.7 Å². The average molecular weight is 596 g/mol. The normalized spacial score (nSPS) is 23.1. The van der Waals surface area contributed by atoms with Crippen molar-refractivity contribution < 1.29 is 14.4 Å². The predicted molar refractivity (Wildman–Crippen MR) is 171 cm³/mol. The fraction of sp³-hybridized carbons (Fsp3) is 0.135. The fourth-order valence-corrected chi connectivity index (χ4v) is 7.85. The third-order valence-electron chi connectivity index (χ3n) is 9.43. The van der Waals surface area contributed by atoms with Crippen LogP contribution in [0.3, 0.4) is 0 Å². The van der Waals surface area contributed by atoms with Crippen LogP contribution in [0.25, 0.3) is 10.8 Å². The Balaban J connectivity index is 1.26. The van der Waals surface area contributed by atoms with Crippen molar-refractivity contribution in [3.8, 4) is 0 Å². The van der Waals surface area contributed by atoms with E-state index in [1.807, 2.05) is 91.0 Å². The maximum Gasteiger partial charge on any atom is 0.244 e. The highest BCUT2D eigenvalue weighted by molar-refractivity contribution is 6.30. The van der Waals surface area contributed by atoms with E-state index in [0.29, 0.717) is 10.7 Å². The van der Waals surface area contributed by atoms with E-state index >= 15 is 0 Å². The molecule has 7 heteroatoms. The summed E-state index contributed by atoms with van der Waals surface area (Å²) in [6.45, 7) is 0. The summed E-state index contributed by atoms with van der Waals surface area (Å²) >= 11 is 6.00. The second kappa shape index (κ2) is 10.00. The summed E-state index contributed by atoms with van der Waals surface area (Å²) in [5.74, 6) is -2.41. The Bertz CT molecular complexity index is 1980. The van der Waals surface area contributed by atoms with Gasteiger partial charge in [-0.05, 0) is 51.4 Å². The maximum atomic E-state index is 14.7. The number of carbonyl (C=O) groups is 3. The molecule has 1 N–H and O–H groups in total. The molecule has 214 valence electrons. The monoisotopic (exact) mass is 595 g/mol. The molecule has 0 unspecified atom stereocenters. The van der Waals surface area contributed by atoms with Crippen LogP contribution in [-0.2, 0) is 26.2 Å². The average Bonchev–Trinajstić information content (AvgIpc) is 3.32. The van der Waals surface area contributed by atoms with Crippen molar-refractivity contribution in [2.75, 3.05) is 4.90 Å². The predicted octanol–water partition coefficient (Wildman–Crippen LogP) is 6.39. The number of nitrogens with one attached hydrogen (secondary N) is 1. The van der Waals surface area contributed by atoms with Crippen molar-refractivity contribution in [2.24, 2.45) is 16.9 Å². The molecule has 3 amide bonds. The second-order valence-corrected chi connectivity index (χ2v) is 12.1. The molecule has 1 saturated heterocycles. The topological polar surface area (TPSA) is 78.8 Å². The van der Waals surface area contributed by atoms with E-state index in [2.05, 4.69) is 10.5 Å². The lowest BCUT2D eigenvalue weighted by Gasteiger charge is -2.52. The van der Waals surface area contributed by atoms with E-state index in [0.717, 1.165) is 38.6 Å². The summed E-state index contributed by atoms with van der Waals surface area (Å²) in [4.78, 5) is 43.6. The molecule has 1 heterocycles. The first-order valence-corrected chi connectivity index (χ1v) is 15.0. The number of carbonyl (C=O) groups excluding carboxylic acids is 3. The molecule has 0 aromatic heterocycles. The number of nitrogens with zero attached hydrogens (tertiary/aromatic N) is 2. The third kappa shape index (κ3) is 3.74. The van der Waals surface area contributed by atoms with Crippen LogP contribution in [0.2, 0.25) is 5.02 Å². The largest absolute Gasteiger partial charge is 0.274 e. The Hall–Kier alpha value is -5.07. The number of hydrazone groups is 1. The number of amides is 3. The second-order valence-electron chi connectivity index (χ2n) is 11.6. The number of imide groups is 1. The van der Waals surface area contributed by atoms with Gasteiger partial charge in [0, 0.05) is 22.5 Å². The van der Waals surface area contributed by atoms with Gasteiger partial charge in [0.15, 0.2) is 0 Å². The molecule has 1 fully saturated rings. The van der Waals surface area contributed by atoms with E-state index in [-0.39, 0.29) is 30.1 Å². The number of fused-ring (bicyclic) bond motifs is 1. The van der Waals surface area contributed by atoms with Crippen LogP contribution in [0.5, 0.6) is 0 Å². The SMILES string of the molecule is O=C(Cc1ccc(Cl)cc1)N/N=C\C12c3ccccc3C(c3ccccc31)[C@@H]1C(=O)N(c3cccc4ccccc34)C(=O)[C@H]12. The molecule has 5 aromatic carbocycles. The van der Waals surface area contributed by atoms with Crippen LogP contribution in [0.4, 0.5) is 5.69 Å². The smallest absolute Gasteiger partial charge is 0.244 e. The molecule has 44 heavy (non-hydrogen) atoms. The zero-order valence-electron chi connectivity index (χ0n) is 23.5. The number of anilines is 1. The number of hydrogen-bond acceptors (Lipinski definition) is 4. The zero-order chi connectivity index (χ0) is 30.0.